The first kappa shape index (κ1) is 22.9. The van der Waals surface area contributed by atoms with E-state index in [0.717, 1.165) is 28.8 Å². The monoisotopic (exact) mass is 441 g/mol. The van der Waals surface area contributed by atoms with Crippen molar-refractivity contribution in [3.63, 3.8) is 0 Å². The number of hydrogen-bond acceptors (Lipinski definition) is 4. The molecule has 1 N–H and O–H groups in total. The van der Waals surface area contributed by atoms with Gasteiger partial charge in [-0.05, 0) is 34.9 Å². The summed E-state index contributed by atoms with van der Waals surface area (Å²) in [5.41, 5.74) is 4.49. The Morgan fingerprint density at radius 2 is 1.79 bits per heavy atom. The van der Waals surface area contributed by atoms with E-state index < -0.39 is 5.97 Å². The van der Waals surface area contributed by atoms with E-state index in [2.05, 4.69) is 49.4 Å². The van der Waals surface area contributed by atoms with Crippen molar-refractivity contribution < 1.29 is 14.3 Å². The second-order valence-corrected chi connectivity index (χ2v) is 9.78. The van der Waals surface area contributed by atoms with E-state index in [0.29, 0.717) is 18.4 Å². The molecule has 0 bridgehead atoms. The first-order chi connectivity index (χ1) is 15.8. The van der Waals surface area contributed by atoms with Crippen LogP contribution in [0, 0.1) is 23.7 Å². The third kappa shape index (κ3) is 4.59. The zero-order valence-corrected chi connectivity index (χ0v) is 19.6. The zero-order valence-electron chi connectivity index (χ0n) is 19.6. The van der Waals surface area contributed by atoms with Crippen molar-refractivity contribution in [2.75, 3.05) is 6.61 Å². The molecule has 4 rings (SSSR count). The second kappa shape index (κ2) is 9.27. The van der Waals surface area contributed by atoms with E-state index >= 15 is 0 Å². The van der Waals surface area contributed by atoms with Gasteiger partial charge in [0.25, 0.3) is 0 Å². The Hall–Kier alpha value is -3.32. The molecule has 3 atom stereocenters. The Kier molecular flexibility index (Phi) is 6.42. The number of benzene rings is 2. The van der Waals surface area contributed by atoms with Crippen LogP contribution in [-0.4, -0.2) is 24.4 Å². The molecule has 4 heteroatoms. The van der Waals surface area contributed by atoms with Crippen molar-refractivity contribution in [1.29, 1.82) is 0 Å². The van der Waals surface area contributed by atoms with E-state index in [1.807, 2.05) is 37.3 Å². The average molecular weight is 442 g/mol. The Morgan fingerprint density at radius 3 is 2.42 bits per heavy atom. The van der Waals surface area contributed by atoms with E-state index in [-0.39, 0.29) is 35.7 Å². The molecule has 1 saturated carbocycles. The number of fused-ring (bicyclic) bond motifs is 1. The molecule has 1 heterocycles. The first-order valence-electron chi connectivity index (χ1n) is 11.6. The van der Waals surface area contributed by atoms with Gasteiger partial charge in [-0.2, -0.15) is 0 Å². The Morgan fingerprint density at radius 1 is 1.12 bits per heavy atom. The van der Waals surface area contributed by atoms with Gasteiger partial charge in [-0.25, -0.2) is 4.79 Å². The maximum atomic E-state index is 13.4. The summed E-state index contributed by atoms with van der Waals surface area (Å²) in [5, 5.41) is 3.54. The van der Waals surface area contributed by atoms with Gasteiger partial charge >= 0.3 is 5.97 Å². The van der Waals surface area contributed by atoms with Gasteiger partial charge in [0.15, 0.2) is 6.61 Å². The summed E-state index contributed by atoms with van der Waals surface area (Å²) in [5.74, 6) is 1.46. The molecule has 2 aromatic carbocycles. The lowest BCUT2D eigenvalue weighted by Gasteiger charge is -2.47. The molecule has 2 aromatic rings. The topological polar surface area (TPSA) is 55.4 Å². The molecule has 1 aliphatic heterocycles. The number of allylic oxidation sites excluding steroid dienone is 1. The minimum Gasteiger partial charge on any atom is -0.449 e. The maximum Gasteiger partial charge on any atom is 0.337 e. The first-order valence-corrected chi connectivity index (χ1v) is 11.6. The summed E-state index contributed by atoms with van der Waals surface area (Å²) in [6, 6.07) is 18.4. The van der Waals surface area contributed by atoms with Gasteiger partial charge < -0.3 is 10.1 Å². The fourth-order valence-corrected chi connectivity index (χ4v) is 5.45. The number of terminal acetylenes is 1. The third-order valence-corrected chi connectivity index (χ3v) is 6.82. The molecule has 170 valence electrons. The summed E-state index contributed by atoms with van der Waals surface area (Å²) in [4.78, 5) is 26.6. The standard InChI is InChI=1S/C29H31NO3/c1-5-16-33-28(32)27-22(6-2)30-23-17-29(3,4)18-24(31)26(23)25(27)21-14-12-20(13-15-21)19-10-8-7-9-11-19/h1,7-15,23,25-26,30H,6,16-18H2,2-4H3. The van der Waals surface area contributed by atoms with Crippen molar-refractivity contribution in [3.05, 3.63) is 71.4 Å². The van der Waals surface area contributed by atoms with Gasteiger partial charge in [-0.3, -0.25) is 4.79 Å². The van der Waals surface area contributed by atoms with Gasteiger partial charge in [0, 0.05) is 30.0 Å². The van der Waals surface area contributed by atoms with E-state index in [4.69, 9.17) is 11.2 Å². The lowest BCUT2D eigenvalue weighted by atomic mass is 9.61. The molecule has 0 aromatic heterocycles. The van der Waals surface area contributed by atoms with Crippen LogP contribution in [0.5, 0.6) is 0 Å². The molecule has 3 unspecified atom stereocenters. The second-order valence-electron chi connectivity index (χ2n) is 9.78. The molecular weight excluding hydrogens is 410 g/mol. The van der Waals surface area contributed by atoms with Gasteiger partial charge in [-0.1, -0.05) is 81.3 Å². The SMILES string of the molecule is C#CCOC(=O)C1=C(CC)NC2CC(C)(C)CC(=O)C2C1c1ccc(-c2ccccc2)cc1. The molecule has 0 radical (unpaired) electrons. The van der Waals surface area contributed by atoms with E-state index in [1.54, 1.807) is 0 Å². The normalized spacial score (nSPS) is 23.8. The fraction of sp³-hybridized carbons (Fsp3) is 0.379. The number of rotatable bonds is 5. The number of carbonyl (C=O) groups is 2. The van der Waals surface area contributed by atoms with Crippen molar-refractivity contribution in [2.24, 2.45) is 11.3 Å². The number of ketones is 1. The highest BCUT2D eigenvalue weighted by molar-refractivity contribution is 5.95. The largest absolute Gasteiger partial charge is 0.449 e. The Balaban J connectivity index is 1.80. The minimum absolute atomic E-state index is 0.0146. The Labute approximate surface area is 196 Å². The lowest BCUT2D eigenvalue weighted by molar-refractivity contribution is -0.139. The molecule has 1 aliphatic carbocycles. The molecule has 0 saturated heterocycles. The summed E-state index contributed by atoms with van der Waals surface area (Å²) in [7, 11) is 0. The smallest absolute Gasteiger partial charge is 0.337 e. The maximum absolute atomic E-state index is 13.4. The van der Waals surface area contributed by atoms with Crippen LogP contribution in [0.15, 0.2) is 65.9 Å². The molecule has 0 amide bonds. The van der Waals surface area contributed by atoms with Crippen LogP contribution in [0.4, 0.5) is 0 Å². The van der Waals surface area contributed by atoms with Crippen molar-refractivity contribution in [3.8, 4) is 23.5 Å². The van der Waals surface area contributed by atoms with Crippen LogP contribution in [0.25, 0.3) is 11.1 Å². The summed E-state index contributed by atoms with van der Waals surface area (Å²) in [6.07, 6.45) is 7.36. The highest BCUT2D eigenvalue weighted by atomic mass is 16.5. The van der Waals surface area contributed by atoms with Crippen LogP contribution >= 0.6 is 0 Å². The predicted molar refractivity (Wildman–Crippen MR) is 130 cm³/mol. The van der Waals surface area contributed by atoms with E-state index in [1.165, 1.54) is 0 Å². The molecule has 4 nitrogen and oxygen atoms in total. The van der Waals surface area contributed by atoms with Crippen LogP contribution in [-0.2, 0) is 14.3 Å². The van der Waals surface area contributed by atoms with Gasteiger partial charge in [0.05, 0.1) is 5.57 Å². The van der Waals surface area contributed by atoms with Crippen molar-refractivity contribution in [1.82, 2.24) is 5.32 Å². The molecular formula is C29H31NO3. The number of Topliss-reactive ketones (excluding diaryl/α,β-unsaturated/α-hetero) is 1. The lowest BCUT2D eigenvalue weighted by Crippen LogP contribution is -2.54. The van der Waals surface area contributed by atoms with Crippen LogP contribution in [0.2, 0.25) is 0 Å². The number of hydrogen-bond donors (Lipinski definition) is 1. The number of nitrogens with one attached hydrogen (secondary N) is 1. The zero-order chi connectivity index (χ0) is 23.6. The summed E-state index contributed by atoms with van der Waals surface area (Å²) >= 11 is 0. The van der Waals surface area contributed by atoms with Crippen LogP contribution in [0.1, 0.15) is 51.5 Å². The molecule has 33 heavy (non-hydrogen) atoms. The van der Waals surface area contributed by atoms with Crippen LogP contribution < -0.4 is 5.32 Å². The molecule has 2 aliphatic rings. The Bertz CT molecular complexity index is 1110. The number of ether oxygens (including phenoxy) is 1. The van der Waals surface area contributed by atoms with Crippen molar-refractivity contribution >= 4 is 11.8 Å². The highest BCUT2D eigenvalue weighted by Crippen LogP contribution is 2.48. The average Bonchev–Trinajstić information content (AvgIpc) is 2.81. The van der Waals surface area contributed by atoms with Gasteiger partial charge in [-0.15, -0.1) is 6.42 Å². The van der Waals surface area contributed by atoms with E-state index in [9.17, 15) is 9.59 Å². The minimum atomic E-state index is -0.439. The number of carbonyl (C=O) groups excluding carboxylic acids is 2. The van der Waals surface area contributed by atoms with Crippen LogP contribution in [0.3, 0.4) is 0 Å². The third-order valence-electron chi connectivity index (χ3n) is 6.82. The number of esters is 1. The quantitative estimate of drug-likeness (QED) is 0.508. The predicted octanol–water partition coefficient (Wildman–Crippen LogP) is 5.25. The fourth-order valence-electron chi connectivity index (χ4n) is 5.45. The van der Waals surface area contributed by atoms with Crippen molar-refractivity contribution in [2.45, 2.75) is 52.0 Å². The van der Waals surface area contributed by atoms with Gasteiger partial charge in [0.2, 0.25) is 0 Å². The molecule has 0 spiro atoms. The highest BCUT2D eigenvalue weighted by Gasteiger charge is 2.50. The molecule has 1 fully saturated rings. The summed E-state index contributed by atoms with van der Waals surface area (Å²) < 4.78 is 5.38. The summed E-state index contributed by atoms with van der Waals surface area (Å²) in [6.45, 7) is 6.20. The van der Waals surface area contributed by atoms with Gasteiger partial charge in [0.1, 0.15) is 5.78 Å².